The van der Waals surface area contributed by atoms with E-state index in [0.717, 1.165) is 6.54 Å². The topological polar surface area (TPSA) is 105 Å². The molecule has 1 aliphatic heterocycles. The number of aliphatic hydroxyl groups is 1. The normalized spacial score (nSPS) is 14.8. The highest BCUT2D eigenvalue weighted by atomic mass is 35.6. The Morgan fingerprint density at radius 3 is 1.91 bits per heavy atom. The van der Waals surface area contributed by atoms with E-state index < -0.39 is 17.4 Å². The lowest BCUT2D eigenvalue weighted by atomic mass is 10.2. The predicted octanol–water partition coefficient (Wildman–Crippen LogP) is 9.26. The first-order valence-corrected chi connectivity index (χ1v) is 16.5. The second kappa shape index (κ2) is 15.6. The summed E-state index contributed by atoms with van der Waals surface area (Å²) in [5, 5.41) is 13.6. The van der Waals surface area contributed by atoms with Gasteiger partial charge in [0, 0.05) is 17.8 Å². The van der Waals surface area contributed by atoms with Gasteiger partial charge >= 0.3 is 0 Å². The van der Waals surface area contributed by atoms with Crippen molar-refractivity contribution in [2.75, 3.05) is 11.9 Å². The largest absolute Gasteiger partial charge is 0.506 e. The third kappa shape index (κ3) is 10.1. The first-order valence-electron chi connectivity index (χ1n) is 12.7. The SMILES string of the molecule is CCCCNc1ccccc1.O=S1(=O)C(C=CC=CC=Cc2nc(C(Cl)(Cl)Cl)nc(C(Cl)(Cl)Cl)n2)=C(O)c2ccccc21. The number of rotatable bonds is 8. The zero-order valence-electron chi connectivity index (χ0n) is 22.6. The maximum atomic E-state index is 12.5. The molecular weight excluding hydrogens is 697 g/mol. The summed E-state index contributed by atoms with van der Waals surface area (Å²) in [6.07, 6.45) is 11.3. The van der Waals surface area contributed by atoms with Crippen molar-refractivity contribution in [2.24, 2.45) is 0 Å². The lowest BCUT2D eigenvalue weighted by molar-refractivity contribution is 0.510. The first-order chi connectivity index (χ1) is 20.2. The molecular formula is C29H26Cl6N4O3S. The van der Waals surface area contributed by atoms with E-state index in [0.29, 0.717) is 0 Å². The number of benzene rings is 2. The van der Waals surface area contributed by atoms with E-state index >= 15 is 0 Å². The molecule has 2 heterocycles. The third-order valence-corrected chi connectivity index (χ3v) is 8.43. The van der Waals surface area contributed by atoms with Gasteiger partial charge in [-0.15, -0.1) is 0 Å². The lowest BCUT2D eigenvalue weighted by Crippen LogP contribution is -2.16. The second-order valence-electron chi connectivity index (χ2n) is 8.80. The molecule has 0 unspecified atom stereocenters. The Kier molecular flexibility index (Phi) is 12.8. The summed E-state index contributed by atoms with van der Waals surface area (Å²) >= 11 is 34.9. The van der Waals surface area contributed by atoms with Gasteiger partial charge in [0.2, 0.25) is 17.4 Å². The summed E-state index contributed by atoms with van der Waals surface area (Å²) in [4.78, 5) is 11.7. The van der Waals surface area contributed by atoms with E-state index in [9.17, 15) is 13.5 Å². The molecule has 1 aliphatic rings. The summed E-state index contributed by atoms with van der Waals surface area (Å²) in [6.45, 7) is 3.28. The van der Waals surface area contributed by atoms with Gasteiger partial charge in [-0.1, -0.05) is 138 Å². The number of allylic oxidation sites excluding steroid dienone is 5. The maximum Gasteiger partial charge on any atom is 0.250 e. The van der Waals surface area contributed by atoms with Crippen molar-refractivity contribution in [1.29, 1.82) is 0 Å². The van der Waals surface area contributed by atoms with Crippen molar-refractivity contribution >= 4 is 97.0 Å². The summed E-state index contributed by atoms with van der Waals surface area (Å²) in [5.74, 6) is -0.693. The molecule has 1 aromatic heterocycles. The zero-order chi connectivity index (χ0) is 31.7. The van der Waals surface area contributed by atoms with Crippen LogP contribution in [0.4, 0.5) is 5.69 Å². The van der Waals surface area contributed by atoms with Crippen LogP contribution in [0.15, 0.2) is 94.8 Å². The smallest absolute Gasteiger partial charge is 0.250 e. The molecule has 2 N–H and O–H groups in total. The van der Waals surface area contributed by atoms with Gasteiger partial charge in [-0.2, -0.15) is 0 Å². The average Bonchev–Trinajstić information content (AvgIpc) is 3.15. The van der Waals surface area contributed by atoms with E-state index in [1.165, 1.54) is 61.0 Å². The van der Waals surface area contributed by atoms with Crippen LogP contribution in [0.5, 0.6) is 0 Å². The minimum absolute atomic E-state index is 0.0605. The van der Waals surface area contributed by atoms with Crippen LogP contribution in [0.25, 0.3) is 11.8 Å². The van der Waals surface area contributed by atoms with Crippen LogP contribution in [0, 0.1) is 0 Å². The molecule has 7 nitrogen and oxygen atoms in total. The number of fused-ring (bicyclic) bond motifs is 1. The molecule has 0 fully saturated rings. The number of alkyl halides is 6. The summed E-state index contributed by atoms with van der Waals surface area (Å²) < 4.78 is 21.1. The van der Waals surface area contributed by atoms with Crippen LogP contribution in [-0.2, 0) is 17.4 Å². The number of para-hydroxylation sites is 1. The molecule has 0 saturated carbocycles. The fraction of sp³-hybridized carbons (Fsp3) is 0.207. The number of hydrogen-bond donors (Lipinski definition) is 2. The van der Waals surface area contributed by atoms with Gasteiger partial charge in [-0.05, 0) is 42.8 Å². The molecule has 0 saturated heterocycles. The number of halogens is 6. The van der Waals surface area contributed by atoms with Crippen molar-refractivity contribution in [1.82, 2.24) is 15.0 Å². The van der Waals surface area contributed by atoms with Crippen LogP contribution >= 0.6 is 69.6 Å². The molecule has 0 amide bonds. The minimum Gasteiger partial charge on any atom is -0.506 e. The van der Waals surface area contributed by atoms with Crippen LogP contribution in [0.3, 0.4) is 0 Å². The van der Waals surface area contributed by atoms with Crippen LogP contribution in [0.1, 0.15) is 42.8 Å². The van der Waals surface area contributed by atoms with Gasteiger partial charge in [0.1, 0.15) is 10.7 Å². The third-order valence-electron chi connectivity index (χ3n) is 5.57. The zero-order valence-corrected chi connectivity index (χ0v) is 27.9. The van der Waals surface area contributed by atoms with Crippen molar-refractivity contribution in [3.63, 3.8) is 0 Å². The van der Waals surface area contributed by atoms with Crippen LogP contribution < -0.4 is 5.32 Å². The van der Waals surface area contributed by atoms with Gasteiger partial charge in [-0.3, -0.25) is 0 Å². The van der Waals surface area contributed by atoms with Gasteiger partial charge in [0.15, 0.2) is 17.5 Å². The Morgan fingerprint density at radius 1 is 0.791 bits per heavy atom. The number of nitrogens with one attached hydrogen (secondary N) is 1. The molecule has 4 rings (SSSR count). The quantitative estimate of drug-likeness (QED) is 0.136. The number of unbranched alkanes of at least 4 members (excludes halogenated alkanes) is 1. The highest BCUT2D eigenvalue weighted by Crippen LogP contribution is 2.40. The summed E-state index contributed by atoms with van der Waals surface area (Å²) in [6, 6.07) is 16.5. The molecule has 2 aromatic carbocycles. The Morgan fingerprint density at radius 2 is 1.35 bits per heavy atom. The van der Waals surface area contributed by atoms with E-state index in [1.807, 2.05) is 18.2 Å². The van der Waals surface area contributed by atoms with Crippen molar-refractivity contribution < 1.29 is 13.5 Å². The Balaban J connectivity index is 0.000000386. The Bertz CT molecular complexity index is 1600. The predicted molar refractivity (Wildman–Crippen MR) is 179 cm³/mol. The van der Waals surface area contributed by atoms with Crippen LogP contribution in [-0.4, -0.2) is 35.0 Å². The highest BCUT2D eigenvalue weighted by molar-refractivity contribution is 7.96. The Hall–Kier alpha value is -2.30. The molecule has 0 aliphatic carbocycles. The molecule has 0 spiro atoms. The summed E-state index contributed by atoms with van der Waals surface area (Å²) in [5.41, 5.74) is 1.49. The number of nitrogens with zero attached hydrogens (tertiary/aromatic N) is 3. The maximum absolute atomic E-state index is 12.5. The van der Waals surface area contributed by atoms with Crippen molar-refractivity contribution in [3.05, 3.63) is 113 Å². The van der Waals surface area contributed by atoms with Gasteiger partial charge in [-0.25, -0.2) is 23.4 Å². The Labute approximate surface area is 280 Å². The van der Waals surface area contributed by atoms with Crippen LogP contribution in [0.2, 0.25) is 0 Å². The number of hydrogen-bond acceptors (Lipinski definition) is 7. The van der Waals surface area contributed by atoms with Gasteiger partial charge in [0.05, 0.1) is 4.90 Å². The summed E-state index contributed by atoms with van der Waals surface area (Å²) in [7, 11) is -3.78. The molecule has 3 aromatic rings. The molecule has 0 atom stereocenters. The molecule has 43 heavy (non-hydrogen) atoms. The van der Waals surface area contributed by atoms with Crippen molar-refractivity contribution in [3.8, 4) is 0 Å². The second-order valence-corrected chi connectivity index (χ2v) is 15.2. The molecule has 228 valence electrons. The number of aliphatic hydroxyl groups excluding tert-OH is 1. The molecule has 14 heteroatoms. The standard InChI is InChI=1S/C19H11Cl6N3O3S.C10H15N/c20-18(21,22)16-26-14(27-17(28-16)19(23,24)25)10-4-2-1-3-9-13-15(29)11-7-5-6-8-12(11)32(13,30)31;1-2-3-9-11-10-7-5-4-6-8-10/h1-10,29H;4-8,11H,2-3,9H2,1H3. The fourth-order valence-corrected chi connectivity index (χ4v) is 5.62. The lowest BCUT2D eigenvalue weighted by Gasteiger charge is -2.14. The number of aromatic nitrogens is 3. The van der Waals surface area contributed by atoms with E-state index in [4.69, 9.17) is 69.6 Å². The van der Waals surface area contributed by atoms with E-state index in [1.54, 1.807) is 18.2 Å². The molecule has 0 radical (unpaired) electrons. The molecule has 0 bridgehead atoms. The van der Waals surface area contributed by atoms with Crippen molar-refractivity contribution in [2.45, 2.75) is 32.2 Å². The number of anilines is 1. The van der Waals surface area contributed by atoms with E-state index in [-0.39, 0.29) is 38.6 Å². The average molecular weight is 723 g/mol. The van der Waals surface area contributed by atoms with E-state index in [2.05, 4.69) is 39.3 Å². The van der Waals surface area contributed by atoms with Gasteiger partial charge < -0.3 is 10.4 Å². The number of sulfone groups is 1. The minimum atomic E-state index is -3.78. The first kappa shape index (κ1) is 35.2. The highest BCUT2D eigenvalue weighted by Gasteiger charge is 2.34. The fourth-order valence-electron chi connectivity index (χ4n) is 3.54. The monoisotopic (exact) mass is 720 g/mol. The van der Waals surface area contributed by atoms with Gasteiger partial charge in [0.25, 0.3) is 0 Å².